The lowest BCUT2D eigenvalue weighted by Gasteiger charge is -2.34. The second-order valence-corrected chi connectivity index (χ2v) is 7.69. The average molecular weight is 340 g/mol. The molecule has 0 spiro atoms. The highest BCUT2D eigenvalue weighted by Crippen LogP contribution is 2.48. The van der Waals surface area contributed by atoms with Crippen LogP contribution in [-0.4, -0.2) is 17.7 Å². The van der Waals surface area contributed by atoms with Gasteiger partial charge in [0.05, 0.1) is 11.2 Å². The predicted octanol–water partition coefficient (Wildman–Crippen LogP) is 4.69. The fraction of sp³-hybridized carbons (Fsp3) is 0.647. The molecule has 1 fully saturated rings. The zero-order valence-electron chi connectivity index (χ0n) is 13.2. The maximum absolute atomic E-state index is 6.28. The Morgan fingerprint density at radius 3 is 2.45 bits per heavy atom. The molecule has 20 heavy (non-hydrogen) atoms. The van der Waals surface area contributed by atoms with Crippen LogP contribution >= 0.6 is 15.9 Å². The largest absolute Gasteiger partial charge is 0.369 e. The van der Waals surface area contributed by atoms with Crippen molar-refractivity contribution in [1.82, 2.24) is 5.32 Å². The summed E-state index contributed by atoms with van der Waals surface area (Å²) >= 11 is 3.70. The van der Waals surface area contributed by atoms with Crippen LogP contribution in [-0.2, 0) is 4.74 Å². The molecule has 0 amide bonds. The van der Waals surface area contributed by atoms with Crippen LogP contribution in [0.3, 0.4) is 0 Å². The standard InChI is InChI=1S/C17H26BrNO/c1-6-19-15(12-9-7-8-10-14(12)18)13-11-16(2,3)20-17(13,4)5/h7-10,13,15,19H,6,11H2,1-5H3. The van der Waals surface area contributed by atoms with Crippen LogP contribution < -0.4 is 5.32 Å². The van der Waals surface area contributed by atoms with E-state index in [0.717, 1.165) is 13.0 Å². The number of hydrogen-bond acceptors (Lipinski definition) is 2. The summed E-state index contributed by atoms with van der Waals surface area (Å²) in [4.78, 5) is 0. The molecule has 1 N–H and O–H groups in total. The number of hydrogen-bond donors (Lipinski definition) is 1. The minimum Gasteiger partial charge on any atom is -0.369 e. The molecule has 0 saturated carbocycles. The van der Waals surface area contributed by atoms with Crippen molar-refractivity contribution in [2.75, 3.05) is 6.54 Å². The third-order valence-corrected chi connectivity index (χ3v) is 4.93. The van der Waals surface area contributed by atoms with Crippen LogP contribution in [0.4, 0.5) is 0 Å². The zero-order valence-corrected chi connectivity index (χ0v) is 14.8. The number of nitrogens with one attached hydrogen (secondary N) is 1. The van der Waals surface area contributed by atoms with Crippen molar-refractivity contribution >= 4 is 15.9 Å². The van der Waals surface area contributed by atoms with Gasteiger partial charge in [0.1, 0.15) is 0 Å². The summed E-state index contributed by atoms with van der Waals surface area (Å²) in [5.41, 5.74) is 1.16. The number of halogens is 1. The first-order valence-corrected chi connectivity index (χ1v) is 8.24. The maximum atomic E-state index is 6.28. The molecule has 1 aliphatic rings. The van der Waals surface area contributed by atoms with Crippen LogP contribution in [0.1, 0.15) is 52.6 Å². The monoisotopic (exact) mass is 339 g/mol. The van der Waals surface area contributed by atoms with Crippen LogP contribution in [0.25, 0.3) is 0 Å². The van der Waals surface area contributed by atoms with Gasteiger partial charge in [0, 0.05) is 16.4 Å². The first-order chi connectivity index (χ1) is 9.27. The highest BCUT2D eigenvalue weighted by molar-refractivity contribution is 9.10. The van der Waals surface area contributed by atoms with Crippen LogP contribution in [0.15, 0.2) is 28.7 Å². The number of rotatable bonds is 4. The van der Waals surface area contributed by atoms with Gasteiger partial charge in [0.2, 0.25) is 0 Å². The Labute approximate surface area is 131 Å². The van der Waals surface area contributed by atoms with Gasteiger partial charge in [-0.3, -0.25) is 0 Å². The van der Waals surface area contributed by atoms with Gasteiger partial charge in [-0.15, -0.1) is 0 Å². The summed E-state index contributed by atoms with van der Waals surface area (Å²) < 4.78 is 7.45. The lowest BCUT2D eigenvalue weighted by molar-refractivity contribution is -0.0778. The fourth-order valence-electron chi connectivity index (χ4n) is 3.54. The van der Waals surface area contributed by atoms with Gasteiger partial charge >= 0.3 is 0 Å². The Kier molecular flexibility index (Phi) is 4.63. The normalized spacial score (nSPS) is 25.6. The van der Waals surface area contributed by atoms with Crippen molar-refractivity contribution in [1.29, 1.82) is 0 Å². The van der Waals surface area contributed by atoms with Crippen molar-refractivity contribution in [2.45, 2.75) is 58.3 Å². The highest BCUT2D eigenvalue weighted by atomic mass is 79.9. The fourth-order valence-corrected chi connectivity index (χ4v) is 4.07. The van der Waals surface area contributed by atoms with Crippen molar-refractivity contribution in [3.8, 4) is 0 Å². The zero-order chi connectivity index (χ0) is 15.0. The van der Waals surface area contributed by atoms with Crippen molar-refractivity contribution in [2.24, 2.45) is 5.92 Å². The van der Waals surface area contributed by atoms with E-state index >= 15 is 0 Å². The third kappa shape index (κ3) is 3.26. The van der Waals surface area contributed by atoms with Crippen molar-refractivity contribution in [3.05, 3.63) is 34.3 Å². The molecule has 2 nitrogen and oxygen atoms in total. The SMILES string of the molecule is CCNC(c1ccccc1Br)C1CC(C)(C)OC1(C)C. The van der Waals surface area contributed by atoms with Gasteiger partial charge in [-0.2, -0.15) is 0 Å². The number of benzene rings is 1. The Balaban J connectivity index is 2.37. The van der Waals surface area contributed by atoms with E-state index in [9.17, 15) is 0 Å². The van der Waals surface area contributed by atoms with E-state index in [-0.39, 0.29) is 11.2 Å². The van der Waals surface area contributed by atoms with Gasteiger partial charge in [0.25, 0.3) is 0 Å². The molecule has 0 aliphatic carbocycles. The van der Waals surface area contributed by atoms with Crippen LogP contribution in [0, 0.1) is 5.92 Å². The van der Waals surface area contributed by atoms with E-state index in [0.29, 0.717) is 12.0 Å². The second kappa shape index (κ2) is 5.78. The molecule has 0 bridgehead atoms. The molecule has 1 aromatic carbocycles. The van der Waals surface area contributed by atoms with Crippen molar-refractivity contribution in [3.63, 3.8) is 0 Å². The smallest absolute Gasteiger partial charge is 0.0681 e. The first-order valence-electron chi connectivity index (χ1n) is 7.45. The van der Waals surface area contributed by atoms with Crippen molar-refractivity contribution < 1.29 is 4.74 Å². The lowest BCUT2D eigenvalue weighted by Crippen LogP contribution is -2.38. The third-order valence-electron chi connectivity index (χ3n) is 4.21. The van der Waals surface area contributed by atoms with Gasteiger partial charge in [0.15, 0.2) is 0 Å². The van der Waals surface area contributed by atoms with E-state index in [1.54, 1.807) is 0 Å². The summed E-state index contributed by atoms with van der Waals surface area (Å²) in [7, 11) is 0. The van der Waals surface area contributed by atoms with E-state index in [4.69, 9.17) is 4.74 Å². The maximum Gasteiger partial charge on any atom is 0.0681 e. The Morgan fingerprint density at radius 2 is 1.95 bits per heavy atom. The predicted molar refractivity (Wildman–Crippen MR) is 87.9 cm³/mol. The quantitative estimate of drug-likeness (QED) is 0.858. The molecule has 1 aromatic rings. The van der Waals surface area contributed by atoms with E-state index in [2.05, 4.69) is 80.1 Å². The Hall–Kier alpha value is -0.380. The molecular formula is C17H26BrNO. The molecule has 1 saturated heterocycles. The minimum absolute atomic E-state index is 0.0525. The van der Waals surface area contributed by atoms with Gasteiger partial charge < -0.3 is 10.1 Å². The molecule has 3 heteroatoms. The first kappa shape index (κ1) is 16.0. The van der Waals surface area contributed by atoms with E-state index in [1.165, 1.54) is 10.0 Å². The molecule has 0 aromatic heterocycles. The van der Waals surface area contributed by atoms with Crippen LogP contribution in [0.5, 0.6) is 0 Å². The minimum atomic E-state index is -0.119. The van der Waals surface area contributed by atoms with Gasteiger partial charge in [-0.25, -0.2) is 0 Å². The van der Waals surface area contributed by atoms with Crippen LogP contribution in [0.2, 0.25) is 0 Å². The molecule has 0 radical (unpaired) electrons. The molecule has 112 valence electrons. The molecule has 2 atom stereocenters. The lowest BCUT2D eigenvalue weighted by atomic mass is 9.79. The van der Waals surface area contributed by atoms with E-state index < -0.39 is 0 Å². The Bertz CT molecular complexity index is 470. The molecule has 2 unspecified atom stereocenters. The molecular weight excluding hydrogens is 314 g/mol. The number of ether oxygens (including phenoxy) is 1. The molecule has 1 heterocycles. The highest BCUT2D eigenvalue weighted by Gasteiger charge is 2.49. The van der Waals surface area contributed by atoms with Gasteiger partial charge in [-0.1, -0.05) is 41.1 Å². The summed E-state index contributed by atoms with van der Waals surface area (Å²) in [6, 6.07) is 8.81. The summed E-state index contributed by atoms with van der Waals surface area (Å²) in [6.45, 7) is 11.9. The Morgan fingerprint density at radius 1 is 1.30 bits per heavy atom. The van der Waals surface area contributed by atoms with Gasteiger partial charge in [-0.05, 0) is 52.3 Å². The van der Waals surface area contributed by atoms with E-state index in [1.807, 2.05) is 0 Å². The topological polar surface area (TPSA) is 21.3 Å². The molecule has 2 rings (SSSR count). The average Bonchev–Trinajstić information content (AvgIpc) is 2.55. The molecule has 1 aliphatic heterocycles. The summed E-state index contributed by atoms with van der Waals surface area (Å²) in [5, 5.41) is 3.67. The summed E-state index contributed by atoms with van der Waals surface area (Å²) in [5.74, 6) is 0.455. The second-order valence-electron chi connectivity index (χ2n) is 6.83. The summed E-state index contributed by atoms with van der Waals surface area (Å²) in [6.07, 6.45) is 1.07.